The van der Waals surface area contributed by atoms with E-state index in [2.05, 4.69) is 4.98 Å². The first kappa shape index (κ1) is 24.2. The zero-order chi connectivity index (χ0) is 24.8. The first-order chi connectivity index (χ1) is 17.0. The molecule has 2 heterocycles. The van der Waals surface area contributed by atoms with E-state index < -0.39 is 23.5 Å². The highest BCUT2D eigenvalue weighted by Gasteiger charge is 2.45. The van der Waals surface area contributed by atoms with Crippen LogP contribution >= 0.6 is 11.3 Å². The number of aliphatic hydroxyl groups is 1. The highest BCUT2D eigenvalue weighted by Crippen LogP contribution is 2.43. The fraction of sp³-hybridized carbons (Fsp3) is 0.222. The maximum absolute atomic E-state index is 13.3. The van der Waals surface area contributed by atoms with Gasteiger partial charge in [-0.3, -0.25) is 14.5 Å². The predicted molar refractivity (Wildman–Crippen MR) is 136 cm³/mol. The van der Waals surface area contributed by atoms with Gasteiger partial charge in [-0.2, -0.15) is 0 Å². The average molecular weight is 491 g/mol. The molecule has 0 bridgehead atoms. The lowest BCUT2D eigenvalue weighted by atomic mass is 9.95. The normalized spacial score (nSPS) is 15.8. The van der Waals surface area contributed by atoms with Gasteiger partial charge in [-0.05, 0) is 42.7 Å². The number of thiazole rings is 1. The molecule has 1 aromatic heterocycles. The van der Waals surface area contributed by atoms with Crippen LogP contribution in [0.15, 0.2) is 77.5 Å². The molecule has 1 unspecified atom stereocenters. The third kappa shape index (κ3) is 5.12. The topological polar surface area (TPSA) is 89.0 Å². The Morgan fingerprint density at radius 3 is 2.63 bits per heavy atom. The lowest BCUT2D eigenvalue weighted by Crippen LogP contribution is -2.30. The molecule has 0 radical (unpaired) electrons. The van der Waals surface area contributed by atoms with E-state index in [0.717, 1.165) is 12.0 Å². The molecule has 0 saturated heterocycles. The Morgan fingerprint density at radius 1 is 1.14 bits per heavy atom. The Kier molecular flexibility index (Phi) is 7.62. The minimum atomic E-state index is -0.874. The van der Waals surface area contributed by atoms with Crippen molar-refractivity contribution in [1.29, 1.82) is 0 Å². The number of aromatic nitrogens is 1. The van der Waals surface area contributed by atoms with Crippen LogP contribution in [-0.2, 0) is 9.59 Å². The van der Waals surface area contributed by atoms with Gasteiger partial charge in [0.25, 0.3) is 5.91 Å². The molecule has 1 amide bonds. The standard InChI is InChI=1S/C27H26N2O5S/c1-3-15-34-21-13-11-19(17-22(21)33-4-2)24-23(20(30)12-10-18-8-6-5-7-9-18)25(31)26(32)29(24)27-28-14-16-35-27/h5-14,16-17,24,31H,3-4,15H2,1-2H3/b12-10+. The summed E-state index contributed by atoms with van der Waals surface area (Å²) in [6.45, 7) is 4.82. The lowest BCUT2D eigenvalue weighted by molar-refractivity contribution is -0.117. The maximum atomic E-state index is 13.3. The van der Waals surface area contributed by atoms with Crippen LogP contribution in [0.25, 0.3) is 6.08 Å². The third-order valence-electron chi connectivity index (χ3n) is 5.37. The van der Waals surface area contributed by atoms with Crippen LogP contribution in [0.4, 0.5) is 5.13 Å². The summed E-state index contributed by atoms with van der Waals surface area (Å²) in [6, 6.07) is 13.8. The van der Waals surface area contributed by atoms with Gasteiger partial charge in [0, 0.05) is 11.6 Å². The number of anilines is 1. The highest BCUT2D eigenvalue weighted by molar-refractivity contribution is 7.13. The summed E-state index contributed by atoms with van der Waals surface area (Å²) in [7, 11) is 0. The molecule has 3 aromatic rings. The Hall–Kier alpha value is -3.91. The number of nitrogens with zero attached hydrogens (tertiary/aromatic N) is 2. The summed E-state index contributed by atoms with van der Waals surface area (Å²) in [4.78, 5) is 32.1. The van der Waals surface area contributed by atoms with Crippen molar-refractivity contribution in [3.8, 4) is 11.5 Å². The first-order valence-corrected chi connectivity index (χ1v) is 12.3. The molecule has 0 fully saturated rings. The number of carbonyl (C=O) groups excluding carboxylic acids is 2. The van der Waals surface area contributed by atoms with E-state index in [1.54, 1.807) is 35.9 Å². The number of aliphatic hydroxyl groups excluding tert-OH is 1. The average Bonchev–Trinajstić information content (AvgIpc) is 3.49. The molecule has 4 rings (SSSR count). The molecule has 8 heteroatoms. The summed E-state index contributed by atoms with van der Waals surface area (Å²) < 4.78 is 11.6. The summed E-state index contributed by atoms with van der Waals surface area (Å²) in [5.74, 6) is -0.647. The molecule has 0 saturated carbocycles. The molecule has 1 aliphatic heterocycles. The summed E-state index contributed by atoms with van der Waals surface area (Å²) >= 11 is 1.25. The number of amides is 1. The van der Waals surface area contributed by atoms with Crippen LogP contribution < -0.4 is 14.4 Å². The monoisotopic (exact) mass is 490 g/mol. The quantitative estimate of drug-likeness (QED) is 0.377. The van der Waals surface area contributed by atoms with Crippen molar-refractivity contribution < 1.29 is 24.2 Å². The fourth-order valence-electron chi connectivity index (χ4n) is 3.82. The molecule has 0 aliphatic carbocycles. The van der Waals surface area contributed by atoms with Gasteiger partial charge in [0.2, 0.25) is 0 Å². The van der Waals surface area contributed by atoms with Crippen LogP contribution in [0.5, 0.6) is 11.5 Å². The minimum absolute atomic E-state index is 0.0120. The number of ketones is 1. The van der Waals surface area contributed by atoms with Crippen LogP contribution in [0, 0.1) is 0 Å². The number of carbonyl (C=O) groups is 2. The summed E-state index contributed by atoms with van der Waals surface area (Å²) in [6.07, 6.45) is 5.44. The third-order valence-corrected chi connectivity index (χ3v) is 6.14. The molecule has 1 aliphatic rings. The summed E-state index contributed by atoms with van der Waals surface area (Å²) in [5.41, 5.74) is 1.41. The number of hydrogen-bond donors (Lipinski definition) is 1. The number of allylic oxidation sites excluding steroid dienone is 1. The Balaban J connectivity index is 1.78. The van der Waals surface area contributed by atoms with E-state index in [0.29, 0.717) is 35.4 Å². The second kappa shape index (κ2) is 11.0. The summed E-state index contributed by atoms with van der Waals surface area (Å²) in [5, 5.41) is 12.9. The predicted octanol–water partition coefficient (Wildman–Crippen LogP) is 5.51. The van der Waals surface area contributed by atoms with E-state index in [-0.39, 0.29) is 5.57 Å². The highest BCUT2D eigenvalue weighted by atomic mass is 32.1. The lowest BCUT2D eigenvalue weighted by Gasteiger charge is -2.25. The number of benzene rings is 2. The van der Waals surface area contributed by atoms with Crippen LogP contribution in [0.3, 0.4) is 0 Å². The van der Waals surface area contributed by atoms with E-state index in [1.807, 2.05) is 44.2 Å². The van der Waals surface area contributed by atoms with Crippen molar-refractivity contribution in [2.45, 2.75) is 26.3 Å². The van der Waals surface area contributed by atoms with Gasteiger partial charge in [-0.25, -0.2) is 4.98 Å². The molecule has 7 nitrogen and oxygen atoms in total. The maximum Gasteiger partial charge on any atom is 0.296 e. The van der Waals surface area contributed by atoms with Crippen LogP contribution in [-0.4, -0.2) is 35.0 Å². The molecule has 1 atom stereocenters. The van der Waals surface area contributed by atoms with Crippen molar-refractivity contribution >= 4 is 34.2 Å². The van der Waals surface area contributed by atoms with Crippen molar-refractivity contribution in [3.63, 3.8) is 0 Å². The number of ether oxygens (including phenoxy) is 2. The fourth-order valence-corrected chi connectivity index (χ4v) is 4.49. The van der Waals surface area contributed by atoms with E-state index in [1.165, 1.54) is 22.3 Å². The van der Waals surface area contributed by atoms with Crippen molar-refractivity contribution in [1.82, 2.24) is 4.98 Å². The Morgan fingerprint density at radius 2 is 1.94 bits per heavy atom. The van der Waals surface area contributed by atoms with Gasteiger partial charge < -0.3 is 14.6 Å². The van der Waals surface area contributed by atoms with Crippen LogP contribution in [0.1, 0.15) is 37.4 Å². The van der Waals surface area contributed by atoms with Crippen molar-refractivity contribution in [3.05, 3.63) is 88.6 Å². The van der Waals surface area contributed by atoms with Gasteiger partial charge in [-0.1, -0.05) is 49.4 Å². The van der Waals surface area contributed by atoms with Crippen molar-refractivity contribution in [2.24, 2.45) is 0 Å². The van der Waals surface area contributed by atoms with E-state index >= 15 is 0 Å². The second-order valence-corrected chi connectivity index (χ2v) is 8.62. The van der Waals surface area contributed by atoms with Crippen LogP contribution in [0.2, 0.25) is 0 Å². The Bertz CT molecular complexity index is 1250. The van der Waals surface area contributed by atoms with E-state index in [9.17, 15) is 14.7 Å². The van der Waals surface area contributed by atoms with Gasteiger partial charge in [0.1, 0.15) is 0 Å². The molecular weight excluding hydrogens is 464 g/mol. The largest absolute Gasteiger partial charge is 0.503 e. The molecule has 1 N–H and O–H groups in total. The smallest absolute Gasteiger partial charge is 0.296 e. The van der Waals surface area contributed by atoms with Gasteiger partial charge in [0.15, 0.2) is 28.2 Å². The number of rotatable bonds is 10. The molecule has 0 spiro atoms. The molecule has 2 aromatic carbocycles. The molecular formula is C27H26N2O5S. The van der Waals surface area contributed by atoms with Gasteiger partial charge in [-0.15, -0.1) is 11.3 Å². The molecule has 35 heavy (non-hydrogen) atoms. The zero-order valence-electron chi connectivity index (χ0n) is 19.5. The van der Waals surface area contributed by atoms with Crippen molar-refractivity contribution in [2.75, 3.05) is 18.1 Å². The van der Waals surface area contributed by atoms with Gasteiger partial charge >= 0.3 is 0 Å². The number of hydrogen-bond acceptors (Lipinski definition) is 7. The van der Waals surface area contributed by atoms with Gasteiger partial charge in [0.05, 0.1) is 24.8 Å². The zero-order valence-corrected chi connectivity index (χ0v) is 20.3. The molecule has 180 valence electrons. The minimum Gasteiger partial charge on any atom is -0.503 e. The SMILES string of the molecule is CCCOc1ccc(C2C(C(=O)/C=C/c3ccccc3)=C(O)C(=O)N2c2nccs2)cc1OCC. The first-order valence-electron chi connectivity index (χ1n) is 11.4. The van der Waals surface area contributed by atoms with E-state index in [4.69, 9.17) is 9.47 Å². The Labute approximate surface area is 208 Å². The second-order valence-electron chi connectivity index (χ2n) is 7.75.